The fourth-order valence-electron chi connectivity index (χ4n) is 6.61. The Hall–Kier alpha value is -4.59. The molecule has 8 rings (SSSR count). The fraction of sp³-hybridized carbons (Fsp3) is 0.0270. The summed E-state index contributed by atoms with van der Waals surface area (Å²) in [7, 11) is 0. The predicted molar refractivity (Wildman–Crippen MR) is 160 cm³/mol. The second kappa shape index (κ2) is 8.46. The van der Waals surface area contributed by atoms with E-state index in [1.54, 1.807) is 0 Å². The monoisotopic (exact) mass is 518 g/mol. The molecule has 0 fully saturated rings. The van der Waals surface area contributed by atoms with Crippen molar-refractivity contribution in [1.29, 1.82) is 0 Å². The largest absolute Gasteiger partial charge is 0.456 e. The zero-order valence-corrected chi connectivity index (χ0v) is 21.8. The average Bonchev–Trinajstić information content (AvgIpc) is 3.29. The molecular weight excluding hydrogens is 496 g/mol. The molecule has 0 radical (unpaired) electrons. The highest BCUT2D eigenvalue weighted by Crippen LogP contribution is 2.63. The summed E-state index contributed by atoms with van der Waals surface area (Å²) in [5, 5.41) is 0.695. The molecule has 0 saturated carbocycles. The maximum atomic E-state index is 6.95. The van der Waals surface area contributed by atoms with Crippen molar-refractivity contribution < 1.29 is 4.74 Å². The third kappa shape index (κ3) is 3.14. The van der Waals surface area contributed by atoms with E-state index in [0.29, 0.717) is 5.02 Å². The molecule has 0 atom stereocenters. The van der Waals surface area contributed by atoms with E-state index < -0.39 is 5.41 Å². The molecule has 2 heteroatoms. The number of para-hydroxylation sites is 1. The first-order valence-corrected chi connectivity index (χ1v) is 13.6. The van der Waals surface area contributed by atoms with Gasteiger partial charge in [0.25, 0.3) is 0 Å². The summed E-state index contributed by atoms with van der Waals surface area (Å²) in [5.41, 5.74) is 11.2. The van der Waals surface area contributed by atoms with E-state index in [1.807, 2.05) is 12.1 Å². The lowest BCUT2D eigenvalue weighted by Gasteiger charge is -2.40. The Labute approximate surface area is 232 Å². The number of fused-ring (bicyclic) bond motifs is 9. The van der Waals surface area contributed by atoms with Gasteiger partial charge in [0.15, 0.2) is 0 Å². The SMILES string of the molecule is Clc1cc(-c2ccc(-c3ccccc3)cc2)c2c(c1)C1(c3ccccc3O2)c2ccccc2-c2ccccc21. The predicted octanol–water partition coefficient (Wildman–Crippen LogP) is 10.1. The molecule has 1 spiro atoms. The topological polar surface area (TPSA) is 9.23 Å². The van der Waals surface area contributed by atoms with Crippen LogP contribution in [0.3, 0.4) is 0 Å². The van der Waals surface area contributed by atoms with Crippen molar-refractivity contribution in [2.45, 2.75) is 5.41 Å². The molecule has 6 aromatic rings. The molecule has 0 N–H and O–H groups in total. The van der Waals surface area contributed by atoms with Gasteiger partial charge in [-0.2, -0.15) is 0 Å². The number of rotatable bonds is 2. The molecule has 0 amide bonds. The number of halogens is 1. The molecule has 0 saturated heterocycles. The van der Waals surface area contributed by atoms with Crippen LogP contribution in [0.2, 0.25) is 5.02 Å². The summed E-state index contributed by atoms with van der Waals surface area (Å²) in [6, 6.07) is 49.2. The quantitative estimate of drug-likeness (QED) is 0.221. The number of hydrogen-bond donors (Lipinski definition) is 0. The summed E-state index contributed by atoms with van der Waals surface area (Å²) < 4.78 is 6.79. The van der Waals surface area contributed by atoms with Gasteiger partial charge in [-0.15, -0.1) is 0 Å². The van der Waals surface area contributed by atoms with Crippen LogP contribution in [0.4, 0.5) is 0 Å². The van der Waals surface area contributed by atoms with Crippen LogP contribution in [0.25, 0.3) is 33.4 Å². The first kappa shape index (κ1) is 22.4. The molecule has 1 nitrogen and oxygen atoms in total. The highest BCUT2D eigenvalue weighted by Gasteiger charge is 2.51. The summed E-state index contributed by atoms with van der Waals surface area (Å²) in [5.74, 6) is 1.73. The van der Waals surface area contributed by atoms with E-state index in [4.69, 9.17) is 16.3 Å². The standard InChI is InChI=1S/C37H23ClO/c38-27-22-30(26-20-18-25(19-21-26)24-10-2-1-3-11-24)36-34(23-27)37(33-16-8-9-17-35(33)39-36)31-14-6-4-12-28(31)29-13-5-7-15-32(29)37/h1-23H. The van der Waals surface area contributed by atoms with Crippen LogP contribution in [0.5, 0.6) is 11.5 Å². The summed E-state index contributed by atoms with van der Waals surface area (Å²) in [6.07, 6.45) is 0. The highest BCUT2D eigenvalue weighted by atomic mass is 35.5. The van der Waals surface area contributed by atoms with Gasteiger partial charge in [-0.3, -0.25) is 0 Å². The van der Waals surface area contributed by atoms with Crippen LogP contribution in [-0.2, 0) is 5.41 Å². The number of hydrogen-bond acceptors (Lipinski definition) is 1. The first-order chi connectivity index (χ1) is 19.2. The van der Waals surface area contributed by atoms with Crippen molar-refractivity contribution in [3.8, 4) is 44.9 Å². The Morgan fingerprint density at radius 1 is 0.436 bits per heavy atom. The third-order valence-corrected chi connectivity index (χ3v) is 8.43. The maximum absolute atomic E-state index is 6.95. The van der Waals surface area contributed by atoms with Crippen LogP contribution >= 0.6 is 11.6 Å². The lowest BCUT2D eigenvalue weighted by atomic mass is 9.65. The Morgan fingerprint density at radius 3 is 1.67 bits per heavy atom. The first-order valence-electron chi connectivity index (χ1n) is 13.2. The Morgan fingerprint density at radius 2 is 0.974 bits per heavy atom. The van der Waals surface area contributed by atoms with Crippen LogP contribution in [0.15, 0.2) is 140 Å². The van der Waals surface area contributed by atoms with E-state index in [-0.39, 0.29) is 0 Å². The zero-order valence-electron chi connectivity index (χ0n) is 21.1. The number of ether oxygens (including phenoxy) is 1. The second-order valence-electron chi connectivity index (χ2n) is 10.2. The molecule has 0 aromatic heterocycles. The molecule has 6 aromatic carbocycles. The summed E-state index contributed by atoms with van der Waals surface area (Å²) >= 11 is 6.95. The van der Waals surface area contributed by atoms with Gasteiger partial charge in [-0.05, 0) is 57.1 Å². The van der Waals surface area contributed by atoms with Crippen molar-refractivity contribution in [3.63, 3.8) is 0 Å². The van der Waals surface area contributed by atoms with E-state index in [9.17, 15) is 0 Å². The van der Waals surface area contributed by atoms with E-state index in [0.717, 1.165) is 33.8 Å². The highest BCUT2D eigenvalue weighted by molar-refractivity contribution is 6.31. The minimum absolute atomic E-state index is 0.527. The summed E-state index contributed by atoms with van der Waals surface area (Å²) in [4.78, 5) is 0. The molecule has 39 heavy (non-hydrogen) atoms. The van der Waals surface area contributed by atoms with Gasteiger partial charge in [-0.25, -0.2) is 0 Å². The average molecular weight is 519 g/mol. The van der Waals surface area contributed by atoms with E-state index in [1.165, 1.54) is 33.4 Å². The zero-order chi connectivity index (χ0) is 26.0. The lowest BCUT2D eigenvalue weighted by Crippen LogP contribution is -2.32. The van der Waals surface area contributed by atoms with Crippen molar-refractivity contribution >= 4 is 11.6 Å². The molecule has 1 aliphatic heterocycles. The molecular formula is C37H23ClO. The van der Waals surface area contributed by atoms with Crippen LogP contribution in [-0.4, -0.2) is 0 Å². The van der Waals surface area contributed by atoms with Gasteiger partial charge in [0.05, 0.1) is 5.41 Å². The van der Waals surface area contributed by atoms with E-state index >= 15 is 0 Å². The third-order valence-electron chi connectivity index (χ3n) is 8.22. The fourth-order valence-corrected chi connectivity index (χ4v) is 6.82. The van der Waals surface area contributed by atoms with Crippen LogP contribution in [0, 0.1) is 0 Å². The smallest absolute Gasteiger partial charge is 0.140 e. The minimum atomic E-state index is -0.527. The van der Waals surface area contributed by atoms with Crippen LogP contribution < -0.4 is 4.74 Å². The second-order valence-corrected chi connectivity index (χ2v) is 10.6. The Kier molecular flexibility index (Phi) is 4.86. The maximum Gasteiger partial charge on any atom is 0.140 e. The molecule has 184 valence electrons. The Balaban J connectivity index is 1.42. The van der Waals surface area contributed by atoms with E-state index in [2.05, 4.69) is 127 Å². The Bertz CT molecular complexity index is 1840. The van der Waals surface area contributed by atoms with Gasteiger partial charge in [-0.1, -0.05) is 133 Å². The van der Waals surface area contributed by atoms with Gasteiger partial charge in [0.1, 0.15) is 11.5 Å². The number of benzene rings is 6. The lowest BCUT2D eigenvalue weighted by molar-refractivity contribution is 0.438. The van der Waals surface area contributed by atoms with Gasteiger partial charge in [0.2, 0.25) is 0 Å². The van der Waals surface area contributed by atoms with Crippen molar-refractivity contribution in [1.82, 2.24) is 0 Å². The molecule has 0 unspecified atom stereocenters. The molecule has 1 aliphatic carbocycles. The van der Waals surface area contributed by atoms with Crippen LogP contribution in [0.1, 0.15) is 22.3 Å². The summed E-state index contributed by atoms with van der Waals surface area (Å²) in [6.45, 7) is 0. The molecule has 2 aliphatic rings. The normalized spacial score (nSPS) is 13.7. The van der Waals surface area contributed by atoms with Gasteiger partial charge >= 0.3 is 0 Å². The minimum Gasteiger partial charge on any atom is -0.456 e. The van der Waals surface area contributed by atoms with Crippen molar-refractivity contribution in [2.75, 3.05) is 0 Å². The molecule has 1 heterocycles. The molecule has 0 bridgehead atoms. The van der Waals surface area contributed by atoms with Gasteiger partial charge < -0.3 is 4.74 Å². The van der Waals surface area contributed by atoms with Crippen molar-refractivity contribution in [2.24, 2.45) is 0 Å². The van der Waals surface area contributed by atoms with Crippen molar-refractivity contribution in [3.05, 3.63) is 167 Å². The van der Waals surface area contributed by atoms with Gasteiger partial charge in [0, 0.05) is 21.7 Å².